The molecule has 0 aliphatic carbocycles. The van der Waals surface area contributed by atoms with Gasteiger partial charge in [0.2, 0.25) is 0 Å². The van der Waals surface area contributed by atoms with Crippen molar-refractivity contribution in [1.29, 1.82) is 0 Å². The maximum Gasteiger partial charge on any atom is 0.287 e. The maximum absolute atomic E-state index is 10.3. The summed E-state index contributed by atoms with van der Waals surface area (Å²) in [7, 11) is 3.18. The molecular formula is C7H10N2O2S4. The number of aromatic nitrogens is 1. The second-order valence-corrected chi connectivity index (χ2v) is 4.71. The molecule has 0 saturated carbocycles. The molecule has 0 unspecified atom stereocenters. The second-order valence-electron chi connectivity index (χ2n) is 2.10. The summed E-state index contributed by atoms with van der Waals surface area (Å²) >= 11 is 6.44. The number of nitrogens with zero attached hydrogens (tertiary/aromatic N) is 2. The molecule has 1 aromatic rings. The van der Waals surface area contributed by atoms with E-state index in [2.05, 4.69) is 28.3 Å². The Balaban J connectivity index is 0.000000921. The normalized spacial score (nSPS) is 9.00. The first-order valence-electron chi connectivity index (χ1n) is 3.84. The molecule has 15 heavy (non-hydrogen) atoms. The smallest absolute Gasteiger partial charge is 0.258 e. The molecular weight excluding hydrogens is 272 g/mol. The van der Waals surface area contributed by atoms with E-state index in [-0.39, 0.29) is 5.69 Å². The van der Waals surface area contributed by atoms with Gasteiger partial charge in [0.25, 0.3) is 5.69 Å². The minimum atomic E-state index is -0.450. The van der Waals surface area contributed by atoms with Gasteiger partial charge in [-0.25, -0.2) is 4.98 Å². The molecule has 84 valence electrons. The van der Waals surface area contributed by atoms with Gasteiger partial charge >= 0.3 is 0 Å². The fourth-order valence-corrected chi connectivity index (χ4v) is 2.12. The minimum Gasteiger partial charge on any atom is -0.258 e. The lowest BCUT2D eigenvalue weighted by molar-refractivity contribution is -0.385. The molecule has 0 fully saturated rings. The standard InChI is InChI=1S/C7H8N2O2S2.H2S2/c1-2-12-13-7-4-3-6(5-8-7)9(10)11;1-2/h3-5H,2H2,1H3;1-2H. The van der Waals surface area contributed by atoms with E-state index in [0.29, 0.717) is 0 Å². The highest BCUT2D eigenvalue weighted by molar-refractivity contribution is 8.76. The van der Waals surface area contributed by atoms with Crippen LogP contribution < -0.4 is 0 Å². The predicted molar refractivity (Wildman–Crippen MR) is 72.9 cm³/mol. The molecule has 0 atom stereocenters. The summed E-state index contributed by atoms with van der Waals surface area (Å²) in [5.74, 6) is 0.989. The van der Waals surface area contributed by atoms with E-state index >= 15 is 0 Å². The molecule has 0 aliphatic rings. The molecule has 0 radical (unpaired) electrons. The highest BCUT2D eigenvalue weighted by Crippen LogP contribution is 2.29. The number of hydrogen-bond acceptors (Lipinski definition) is 7. The lowest BCUT2D eigenvalue weighted by Crippen LogP contribution is -1.88. The van der Waals surface area contributed by atoms with Crippen LogP contribution in [-0.4, -0.2) is 15.7 Å². The summed E-state index contributed by atoms with van der Waals surface area (Å²) in [6, 6.07) is 3.12. The summed E-state index contributed by atoms with van der Waals surface area (Å²) in [6.07, 6.45) is 1.28. The SMILES string of the molecule is CCSSc1ccc([N+](=O)[O-])cn1.SS. The number of rotatable bonds is 4. The molecule has 8 heteroatoms. The van der Waals surface area contributed by atoms with Crippen molar-refractivity contribution in [3.63, 3.8) is 0 Å². The van der Waals surface area contributed by atoms with E-state index in [0.717, 1.165) is 10.8 Å². The van der Waals surface area contributed by atoms with Crippen molar-refractivity contribution < 1.29 is 4.92 Å². The van der Waals surface area contributed by atoms with Gasteiger partial charge in [-0.1, -0.05) is 17.7 Å². The zero-order valence-electron chi connectivity index (χ0n) is 7.86. The van der Waals surface area contributed by atoms with Crippen molar-refractivity contribution in [3.05, 3.63) is 28.4 Å². The quantitative estimate of drug-likeness (QED) is 0.383. The molecule has 1 rings (SSSR count). The van der Waals surface area contributed by atoms with E-state index in [9.17, 15) is 10.1 Å². The van der Waals surface area contributed by atoms with Crippen molar-refractivity contribution in [2.24, 2.45) is 0 Å². The molecule has 0 aromatic carbocycles. The van der Waals surface area contributed by atoms with Crippen LogP contribution in [0.15, 0.2) is 23.4 Å². The van der Waals surface area contributed by atoms with Crippen LogP contribution in [0.2, 0.25) is 0 Å². The summed E-state index contributed by atoms with van der Waals surface area (Å²) < 4.78 is 0. The molecule has 1 aromatic heterocycles. The number of hydrogen-bond donors (Lipinski definition) is 2. The topological polar surface area (TPSA) is 56.0 Å². The van der Waals surface area contributed by atoms with Crippen molar-refractivity contribution in [2.45, 2.75) is 11.9 Å². The Bertz CT molecular complexity index is 294. The highest BCUT2D eigenvalue weighted by atomic mass is 33.1. The average Bonchev–Trinajstić information content (AvgIpc) is 2.29. The van der Waals surface area contributed by atoms with Gasteiger partial charge in [-0.15, -0.1) is 23.3 Å². The van der Waals surface area contributed by atoms with Gasteiger partial charge in [-0.2, -0.15) is 0 Å². The third kappa shape index (κ3) is 6.18. The summed E-state index contributed by atoms with van der Waals surface area (Å²) in [4.78, 5) is 13.8. The molecule has 0 aliphatic heterocycles. The lowest BCUT2D eigenvalue weighted by atomic mass is 10.4. The van der Waals surface area contributed by atoms with E-state index in [1.807, 2.05) is 6.92 Å². The zero-order valence-corrected chi connectivity index (χ0v) is 11.3. The van der Waals surface area contributed by atoms with E-state index in [4.69, 9.17) is 0 Å². The van der Waals surface area contributed by atoms with E-state index in [1.54, 1.807) is 16.9 Å². The van der Waals surface area contributed by atoms with Crippen molar-refractivity contribution in [1.82, 2.24) is 4.98 Å². The summed E-state index contributed by atoms with van der Waals surface area (Å²) in [5.41, 5.74) is 0.0332. The van der Waals surface area contributed by atoms with Gasteiger partial charge in [0.15, 0.2) is 0 Å². The van der Waals surface area contributed by atoms with E-state index < -0.39 is 4.92 Å². The van der Waals surface area contributed by atoms with Gasteiger partial charge < -0.3 is 0 Å². The van der Waals surface area contributed by atoms with Crippen LogP contribution in [0.1, 0.15) is 6.92 Å². The first-order valence-corrected chi connectivity index (χ1v) is 7.76. The Labute approximate surface area is 106 Å². The lowest BCUT2D eigenvalue weighted by Gasteiger charge is -1.96. The molecule has 0 N–H and O–H groups in total. The Kier molecular flexibility index (Phi) is 9.17. The van der Waals surface area contributed by atoms with Gasteiger partial charge in [-0.05, 0) is 16.9 Å². The second kappa shape index (κ2) is 9.20. The Morgan fingerprint density at radius 1 is 1.53 bits per heavy atom. The van der Waals surface area contributed by atoms with E-state index in [1.165, 1.54) is 23.1 Å². The van der Waals surface area contributed by atoms with Crippen molar-refractivity contribution in [2.75, 3.05) is 5.75 Å². The number of pyridine rings is 1. The third-order valence-electron chi connectivity index (χ3n) is 1.19. The first kappa shape index (κ1) is 14.9. The van der Waals surface area contributed by atoms with Crippen LogP contribution in [0.25, 0.3) is 0 Å². The zero-order chi connectivity index (χ0) is 11.7. The van der Waals surface area contributed by atoms with Crippen LogP contribution >= 0.6 is 44.9 Å². The Hall–Kier alpha value is -0.0500. The van der Waals surface area contributed by atoms with Crippen LogP contribution in [-0.2, 0) is 0 Å². The predicted octanol–water partition coefficient (Wildman–Crippen LogP) is 3.51. The van der Waals surface area contributed by atoms with Crippen LogP contribution in [0.5, 0.6) is 0 Å². The monoisotopic (exact) mass is 282 g/mol. The minimum absolute atomic E-state index is 0.0332. The number of thiol groups is 2. The molecule has 0 amide bonds. The Morgan fingerprint density at radius 3 is 2.60 bits per heavy atom. The largest absolute Gasteiger partial charge is 0.287 e. The van der Waals surface area contributed by atoms with Crippen LogP contribution in [0, 0.1) is 10.1 Å². The Morgan fingerprint density at radius 2 is 2.20 bits per heavy atom. The van der Waals surface area contributed by atoms with Crippen LogP contribution in [0.3, 0.4) is 0 Å². The van der Waals surface area contributed by atoms with Gasteiger partial charge in [0.05, 0.1) is 4.92 Å². The molecule has 0 bridgehead atoms. The molecule has 0 saturated heterocycles. The molecule has 4 nitrogen and oxygen atoms in total. The fourth-order valence-electron chi connectivity index (χ4n) is 0.649. The average molecular weight is 282 g/mol. The maximum atomic E-state index is 10.3. The van der Waals surface area contributed by atoms with Crippen molar-refractivity contribution in [3.8, 4) is 0 Å². The van der Waals surface area contributed by atoms with Gasteiger partial charge in [0, 0.05) is 11.8 Å². The molecule has 0 spiro atoms. The first-order chi connectivity index (χ1) is 7.24. The van der Waals surface area contributed by atoms with Gasteiger partial charge in [-0.3, -0.25) is 10.1 Å². The fraction of sp³-hybridized carbons (Fsp3) is 0.286. The highest BCUT2D eigenvalue weighted by Gasteiger charge is 2.04. The molecule has 1 heterocycles. The van der Waals surface area contributed by atoms with Crippen LogP contribution in [0.4, 0.5) is 5.69 Å². The van der Waals surface area contributed by atoms with Crippen molar-refractivity contribution >= 4 is 50.6 Å². The summed E-state index contributed by atoms with van der Waals surface area (Å²) in [6.45, 7) is 2.04. The number of nitro groups is 1. The summed E-state index contributed by atoms with van der Waals surface area (Å²) in [5, 5.41) is 11.1. The van der Waals surface area contributed by atoms with Gasteiger partial charge in [0.1, 0.15) is 11.2 Å². The third-order valence-corrected chi connectivity index (χ3v) is 3.53.